The number of para-hydroxylation sites is 1. The van der Waals surface area contributed by atoms with E-state index in [1.807, 2.05) is 17.4 Å². The minimum absolute atomic E-state index is 0.875. The Morgan fingerprint density at radius 2 is 1.04 bits per heavy atom. The smallest absolute Gasteiger partial charge is 0.160 e. The first kappa shape index (κ1) is 25.8. The molecule has 3 heteroatoms. The van der Waals surface area contributed by atoms with Crippen LogP contribution in [-0.4, -0.2) is 0 Å². The van der Waals surface area contributed by atoms with E-state index < -0.39 is 0 Å². The van der Waals surface area contributed by atoms with Gasteiger partial charge in [-0.3, -0.25) is 0 Å². The fraction of sp³-hybridized carbons (Fsp3) is 0. The Hall–Kier alpha value is -5.64. The van der Waals surface area contributed by atoms with Crippen LogP contribution in [0.3, 0.4) is 0 Å². The van der Waals surface area contributed by atoms with Gasteiger partial charge in [0.05, 0.1) is 5.69 Å². The summed E-state index contributed by atoms with van der Waals surface area (Å²) in [4.78, 5) is 2.38. The molecule has 0 saturated carbocycles. The van der Waals surface area contributed by atoms with E-state index in [-0.39, 0.29) is 0 Å². The Kier molecular flexibility index (Phi) is 6.03. The van der Waals surface area contributed by atoms with E-state index in [1.54, 1.807) is 0 Å². The van der Waals surface area contributed by atoms with Crippen LogP contribution >= 0.6 is 11.3 Å². The van der Waals surface area contributed by atoms with Crippen molar-refractivity contribution in [2.75, 3.05) is 4.90 Å². The summed E-state index contributed by atoms with van der Waals surface area (Å²) < 4.78 is 9.35. The van der Waals surface area contributed by atoms with E-state index in [9.17, 15) is 0 Å². The number of furan rings is 1. The van der Waals surface area contributed by atoms with Gasteiger partial charge in [-0.25, -0.2) is 0 Å². The van der Waals surface area contributed by atoms with Gasteiger partial charge in [0.2, 0.25) is 0 Å². The third kappa shape index (κ3) is 4.32. The average Bonchev–Trinajstić information content (AvgIpc) is 3.68. The maximum Gasteiger partial charge on any atom is 0.160 e. The SMILES string of the molecule is c1ccc(-c2ccc(N(c3ccc4sc5ccccc5c4c3)c3c(-c4ccccc4)ccc4c3oc3ccccc34)cc2)cc1. The molecule has 0 fully saturated rings. The minimum Gasteiger partial charge on any atom is -0.454 e. The molecule has 212 valence electrons. The van der Waals surface area contributed by atoms with Crippen molar-refractivity contribution in [1.29, 1.82) is 0 Å². The number of nitrogens with zero attached hydrogens (tertiary/aromatic N) is 1. The largest absolute Gasteiger partial charge is 0.454 e. The summed E-state index contributed by atoms with van der Waals surface area (Å²) in [5.41, 5.74) is 9.59. The third-order valence-electron chi connectivity index (χ3n) is 8.68. The minimum atomic E-state index is 0.875. The molecule has 2 aromatic heterocycles. The van der Waals surface area contributed by atoms with Crippen LogP contribution in [0.1, 0.15) is 0 Å². The van der Waals surface area contributed by atoms with Gasteiger partial charge in [-0.15, -0.1) is 11.3 Å². The molecule has 0 unspecified atom stereocenters. The first-order valence-corrected chi connectivity index (χ1v) is 16.0. The predicted octanol–water partition coefficient (Wildman–Crippen LogP) is 12.8. The summed E-state index contributed by atoms with van der Waals surface area (Å²) in [6.07, 6.45) is 0. The quantitative estimate of drug-likeness (QED) is 0.197. The van der Waals surface area contributed by atoms with Crippen molar-refractivity contribution in [3.63, 3.8) is 0 Å². The lowest BCUT2D eigenvalue weighted by Gasteiger charge is -2.28. The second kappa shape index (κ2) is 10.5. The molecule has 0 aliphatic heterocycles. The Labute approximate surface area is 265 Å². The zero-order valence-corrected chi connectivity index (χ0v) is 25.2. The van der Waals surface area contributed by atoms with E-state index in [0.717, 1.165) is 50.1 Å². The molecule has 0 N–H and O–H groups in total. The van der Waals surface area contributed by atoms with Crippen molar-refractivity contribution in [2.45, 2.75) is 0 Å². The molecule has 0 atom stereocenters. The number of thiophene rings is 1. The normalized spacial score (nSPS) is 11.6. The maximum absolute atomic E-state index is 6.77. The van der Waals surface area contributed by atoms with Crippen LogP contribution in [0, 0.1) is 0 Å². The number of fused-ring (bicyclic) bond motifs is 6. The molecule has 2 heterocycles. The van der Waals surface area contributed by atoms with Gasteiger partial charge in [-0.1, -0.05) is 115 Å². The molecule has 9 rings (SSSR count). The average molecular weight is 594 g/mol. The molecule has 0 spiro atoms. The molecule has 0 radical (unpaired) electrons. The Bertz CT molecular complexity index is 2470. The van der Waals surface area contributed by atoms with Crippen LogP contribution in [0.25, 0.3) is 64.4 Å². The first-order chi connectivity index (χ1) is 22.3. The zero-order chi connectivity index (χ0) is 29.7. The van der Waals surface area contributed by atoms with Crippen LogP contribution in [0.15, 0.2) is 168 Å². The lowest BCUT2D eigenvalue weighted by atomic mass is 9.98. The number of benzene rings is 7. The van der Waals surface area contributed by atoms with Gasteiger partial charge >= 0.3 is 0 Å². The molecular formula is C42H27NOS. The van der Waals surface area contributed by atoms with Crippen LogP contribution in [0.5, 0.6) is 0 Å². The molecule has 0 aliphatic rings. The fourth-order valence-electron chi connectivity index (χ4n) is 6.54. The van der Waals surface area contributed by atoms with E-state index in [0.29, 0.717) is 0 Å². The van der Waals surface area contributed by atoms with Gasteiger partial charge < -0.3 is 9.32 Å². The van der Waals surface area contributed by atoms with Crippen LogP contribution < -0.4 is 4.90 Å². The van der Waals surface area contributed by atoms with Gasteiger partial charge in [0.1, 0.15) is 5.58 Å². The van der Waals surface area contributed by atoms with E-state index in [2.05, 4.69) is 163 Å². The highest BCUT2D eigenvalue weighted by molar-refractivity contribution is 7.25. The molecule has 2 nitrogen and oxygen atoms in total. The first-order valence-electron chi connectivity index (χ1n) is 15.2. The highest BCUT2D eigenvalue weighted by Crippen LogP contribution is 2.48. The van der Waals surface area contributed by atoms with Gasteiger partial charge in [-0.2, -0.15) is 0 Å². The summed E-state index contributed by atoms with van der Waals surface area (Å²) in [6.45, 7) is 0. The molecule has 9 aromatic rings. The summed E-state index contributed by atoms with van der Waals surface area (Å²) >= 11 is 1.84. The molecule has 45 heavy (non-hydrogen) atoms. The van der Waals surface area contributed by atoms with Crippen molar-refractivity contribution >= 4 is 70.5 Å². The Morgan fingerprint density at radius 1 is 0.422 bits per heavy atom. The van der Waals surface area contributed by atoms with Crippen molar-refractivity contribution < 1.29 is 4.42 Å². The standard InChI is InChI=1S/C42H27NOS/c1-3-11-28(12-4-1)29-19-21-31(22-20-29)43(32-23-26-40-37(27-32)35-16-8-10-18-39(35)45-40)41-33(30-13-5-2-6-14-30)24-25-36-34-15-7-9-17-38(34)44-42(36)41/h1-27H. The van der Waals surface area contributed by atoms with Crippen molar-refractivity contribution in [2.24, 2.45) is 0 Å². The van der Waals surface area contributed by atoms with E-state index in [4.69, 9.17) is 4.42 Å². The van der Waals surface area contributed by atoms with Gasteiger partial charge in [-0.05, 0) is 65.2 Å². The number of anilines is 3. The number of hydrogen-bond donors (Lipinski definition) is 0. The lowest BCUT2D eigenvalue weighted by molar-refractivity contribution is 0.669. The molecular weight excluding hydrogens is 567 g/mol. The van der Waals surface area contributed by atoms with E-state index in [1.165, 1.54) is 31.3 Å². The van der Waals surface area contributed by atoms with Gasteiger partial charge in [0, 0.05) is 47.9 Å². The second-order valence-corrected chi connectivity index (χ2v) is 12.4. The Morgan fingerprint density at radius 3 is 1.84 bits per heavy atom. The van der Waals surface area contributed by atoms with Crippen LogP contribution in [-0.2, 0) is 0 Å². The highest BCUT2D eigenvalue weighted by Gasteiger charge is 2.24. The maximum atomic E-state index is 6.77. The molecule has 0 saturated heterocycles. The highest BCUT2D eigenvalue weighted by atomic mass is 32.1. The van der Waals surface area contributed by atoms with Gasteiger partial charge in [0.15, 0.2) is 5.58 Å². The predicted molar refractivity (Wildman–Crippen MR) is 192 cm³/mol. The van der Waals surface area contributed by atoms with Crippen LogP contribution in [0.4, 0.5) is 17.1 Å². The van der Waals surface area contributed by atoms with E-state index >= 15 is 0 Å². The second-order valence-electron chi connectivity index (χ2n) is 11.3. The molecule has 0 aliphatic carbocycles. The number of hydrogen-bond acceptors (Lipinski definition) is 3. The van der Waals surface area contributed by atoms with Crippen LogP contribution in [0.2, 0.25) is 0 Å². The monoisotopic (exact) mass is 593 g/mol. The van der Waals surface area contributed by atoms with Gasteiger partial charge in [0.25, 0.3) is 0 Å². The Balaban J connectivity index is 1.36. The summed E-state index contributed by atoms with van der Waals surface area (Å²) in [7, 11) is 0. The van der Waals surface area contributed by atoms with Crippen molar-refractivity contribution in [3.05, 3.63) is 164 Å². The molecule has 0 amide bonds. The number of rotatable bonds is 5. The topological polar surface area (TPSA) is 16.4 Å². The summed E-state index contributed by atoms with van der Waals surface area (Å²) in [6, 6.07) is 58.4. The lowest BCUT2D eigenvalue weighted by Crippen LogP contribution is -2.11. The molecule has 0 bridgehead atoms. The third-order valence-corrected chi connectivity index (χ3v) is 9.83. The summed E-state index contributed by atoms with van der Waals surface area (Å²) in [5, 5.41) is 4.77. The fourth-order valence-corrected chi connectivity index (χ4v) is 7.63. The van der Waals surface area contributed by atoms with Crippen molar-refractivity contribution in [1.82, 2.24) is 0 Å². The summed E-state index contributed by atoms with van der Waals surface area (Å²) in [5.74, 6) is 0. The molecule has 7 aromatic carbocycles. The zero-order valence-electron chi connectivity index (χ0n) is 24.4. The van der Waals surface area contributed by atoms with Crippen molar-refractivity contribution in [3.8, 4) is 22.3 Å².